The van der Waals surface area contributed by atoms with Gasteiger partial charge in [0.05, 0.1) is 31.5 Å². The molecule has 2 rings (SSSR count). The van der Waals surface area contributed by atoms with Crippen LogP contribution in [-0.2, 0) is 4.74 Å². The van der Waals surface area contributed by atoms with Crippen LogP contribution in [0.4, 0.5) is 0 Å². The Labute approximate surface area is 166 Å². The molecule has 28 heavy (non-hydrogen) atoms. The van der Waals surface area contributed by atoms with Crippen molar-refractivity contribution in [2.45, 2.75) is 40.7 Å². The highest BCUT2D eigenvalue weighted by Gasteiger charge is 2.25. The lowest BCUT2D eigenvalue weighted by molar-refractivity contribution is 0.0525. The summed E-state index contributed by atoms with van der Waals surface area (Å²) >= 11 is 0. The molecule has 0 spiro atoms. The average molecular weight is 386 g/mol. The highest BCUT2D eigenvalue weighted by Crippen LogP contribution is 2.25. The molecule has 0 saturated heterocycles. The molecule has 1 aromatic heterocycles. The Morgan fingerprint density at radius 2 is 1.93 bits per heavy atom. The topological polar surface area (TPSA) is 71.6 Å². The van der Waals surface area contributed by atoms with Crippen LogP contribution in [0, 0.1) is 13.8 Å². The van der Waals surface area contributed by atoms with Gasteiger partial charge in [0, 0.05) is 11.7 Å². The Balaban J connectivity index is 2.22. The monoisotopic (exact) mass is 386 g/mol. The van der Waals surface area contributed by atoms with E-state index >= 15 is 0 Å². The number of carbonyl (C=O) groups is 2. The molecular weight excluding hydrogens is 356 g/mol. The molecule has 0 aliphatic heterocycles. The maximum Gasteiger partial charge on any atom is 0.340 e. The molecule has 2 aromatic rings. The molecule has 0 bridgehead atoms. The minimum Gasteiger partial charge on any atom is -0.497 e. The third-order valence-corrected chi connectivity index (χ3v) is 5.07. The molecule has 1 atom stereocenters. The van der Waals surface area contributed by atoms with Crippen LogP contribution in [0.5, 0.6) is 5.75 Å². The number of aromatic nitrogens is 1. The van der Waals surface area contributed by atoms with E-state index in [1.807, 2.05) is 31.2 Å². The van der Waals surface area contributed by atoms with Gasteiger partial charge in [-0.15, -0.1) is 0 Å². The van der Waals surface area contributed by atoms with E-state index in [4.69, 9.17) is 9.47 Å². The number of Topliss-reactive ketones (excluding diaryl/α,β-unsaturated/α-hetero) is 1. The fourth-order valence-electron chi connectivity index (χ4n) is 3.44. The first-order valence-corrected chi connectivity index (χ1v) is 9.61. The number of nitrogens with one attached hydrogen (secondary N) is 1. The van der Waals surface area contributed by atoms with Crippen molar-refractivity contribution in [3.8, 4) is 5.75 Å². The van der Waals surface area contributed by atoms with E-state index in [1.165, 1.54) is 0 Å². The van der Waals surface area contributed by atoms with Crippen molar-refractivity contribution in [2.75, 3.05) is 26.8 Å². The summed E-state index contributed by atoms with van der Waals surface area (Å²) in [5, 5.41) is 0. The summed E-state index contributed by atoms with van der Waals surface area (Å²) in [6.07, 6.45) is 0. The summed E-state index contributed by atoms with van der Waals surface area (Å²) in [5.74, 6) is 0.347. The number of benzene rings is 1. The van der Waals surface area contributed by atoms with Crippen LogP contribution in [0.15, 0.2) is 24.3 Å². The Hall–Kier alpha value is -2.60. The lowest BCUT2D eigenvalue weighted by Crippen LogP contribution is -2.32. The van der Waals surface area contributed by atoms with Gasteiger partial charge < -0.3 is 14.5 Å². The van der Waals surface area contributed by atoms with E-state index in [9.17, 15) is 9.59 Å². The molecule has 0 saturated carbocycles. The zero-order valence-corrected chi connectivity index (χ0v) is 17.6. The van der Waals surface area contributed by atoms with Crippen LogP contribution in [-0.4, -0.2) is 48.4 Å². The number of nitrogens with zero attached hydrogens (tertiary/aromatic N) is 1. The first-order chi connectivity index (χ1) is 13.3. The van der Waals surface area contributed by atoms with Gasteiger partial charge in [0.25, 0.3) is 0 Å². The summed E-state index contributed by atoms with van der Waals surface area (Å²) in [6, 6.07) is 7.92. The first-order valence-electron chi connectivity index (χ1n) is 9.61. The Morgan fingerprint density at radius 3 is 2.54 bits per heavy atom. The van der Waals surface area contributed by atoms with Gasteiger partial charge in [0.2, 0.25) is 0 Å². The van der Waals surface area contributed by atoms with Crippen LogP contribution in [0.25, 0.3) is 0 Å². The quantitative estimate of drug-likeness (QED) is 0.519. The largest absolute Gasteiger partial charge is 0.497 e. The standard InChI is InChI=1S/C22H30N2O4/c1-7-24(16(5)17-10-9-11-18(12-17)27-6)13-19(25)21-14(3)20(15(4)23-21)22(26)28-8-2/h9-12,16,23H,7-8,13H2,1-6H3. The molecule has 0 fully saturated rings. The fraction of sp³-hybridized carbons (Fsp3) is 0.455. The average Bonchev–Trinajstić information content (AvgIpc) is 2.99. The van der Waals surface area contributed by atoms with Crippen molar-refractivity contribution in [2.24, 2.45) is 0 Å². The van der Waals surface area contributed by atoms with Crippen LogP contribution >= 0.6 is 0 Å². The number of carbonyl (C=O) groups excluding carboxylic acids is 2. The van der Waals surface area contributed by atoms with E-state index in [0.717, 1.165) is 11.3 Å². The zero-order chi connectivity index (χ0) is 20.8. The van der Waals surface area contributed by atoms with Gasteiger partial charge >= 0.3 is 5.97 Å². The summed E-state index contributed by atoms with van der Waals surface area (Å²) in [7, 11) is 1.64. The number of aryl methyl sites for hydroxylation is 1. The number of hydrogen-bond acceptors (Lipinski definition) is 5. The minimum atomic E-state index is -0.398. The lowest BCUT2D eigenvalue weighted by Gasteiger charge is -2.27. The summed E-state index contributed by atoms with van der Waals surface area (Å²) in [4.78, 5) is 30.3. The second-order valence-electron chi connectivity index (χ2n) is 6.78. The third kappa shape index (κ3) is 4.62. The van der Waals surface area contributed by atoms with Crippen LogP contribution in [0.1, 0.15) is 64.5 Å². The summed E-state index contributed by atoms with van der Waals surface area (Å²) in [6.45, 7) is 10.7. The normalized spacial score (nSPS) is 12.1. The third-order valence-electron chi connectivity index (χ3n) is 5.07. The zero-order valence-electron chi connectivity index (χ0n) is 17.6. The SMILES string of the molecule is CCOC(=O)c1c(C)[nH]c(C(=O)CN(CC)C(C)c2cccc(OC)c2)c1C. The van der Waals surface area contributed by atoms with Crippen molar-refractivity contribution in [1.29, 1.82) is 0 Å². The van der Waals surface area contributed by atoms with E-state index in [-0.39, 0.29) is 18.4 Å². The van der Waals surface area contributed by atoms with Crippen molar-refractivity contribution in [1.82, 2.24) is 9.88 Å². The molecular formula is C22H30N2O4. The molecule has 152 valence electrons. The van der Waals surface area contributed by atoms with Crippen LogP contribution in [0.2, 0.25) is 0 Å². The Bertz CT molecular complexity index is 841. The molecule has 6 heteroatoms. The number of aromatic amines is 1. The van der Waals surface area contributed by atoms with Gasteiger partial charge in [-0.2, -0.15) is 0 Å². The predicted molar refractivity (Wildman–Crippen MR) is 109 cm³/mol. The number of hydrogen-bond donors (Lipinski definition) is 1. The highest BCUT2D eigenvalue weighted by atomic mass is 16.5. The second kappa shape index (κ2) is 9.55. The van der Waals surface area contributed by atoms with Gasteiger partial charge in [-0.1, -0.05) is 19.1 Å². The number of likely N-dealkylation sites (N-methyl/N-ethyl adjacent to an activating group) is 1. The smallest absolute Gasteiger partial charge is 0.340 e. The lowest BCUT2D eigenvalue weighted by atomic mass is 10.0. The molecule has 0 aliphatic rings. The molecule has 1 aromatic carbocycles. The van der Waals surface area contributed by atoms with Gasteiger partial charge in [0.1, 0.15) is 5.75 Å². The van der Waals surface area contributed by atoms with E-state index in [2.05, 4.69) is 16.8 Å². The summed E-state index contributed by atoms with van der Waals surface area (Å²) < 4.78 is 10.4. The first kappa shape index (κ1) is 21.7. The van der Waals surface area contributed by atoms with E-state index < -0.39 is 5.97 Å². The van der Waals surface area contributed by atoms with Crippen LogP contribution in [0.3, 0.4) is 0 Å². The molecule has 1 N–H and O–H groups in total. The fourth-order valence-corrected chi connectivity index (χ4v) is 3.44. The highest BCUT2D eigenvalue weighted by molar-refractivity contribution is 6.02. The predicted octanol–water partition coefficient (Wildman–Crippen LogP) is 4.08. The van der Waals surface area contributed by atoms with Gasteiger partial charge in [0.15, 0.2) is 5.78 Å². The molecule has 6 nitrogen and oxygen atoms in total. The van der Waals surface area contributed by atoms with Crippen LogP contribution < -0.4 is 4.74 Å². The molecule has 0 aliphatic carbocycles. The summed E-state index contributed by atoms with van der Waals surface area (Å²) in [5.41, 5.74) is 3.31. The maximum absolute atomic E-state index is 13.0. The number of methoxy groups -OCH3 is 1. The van der Waals surface area contributed by atoms with E-state index in [1.54, 1.807) is 27.9 Å². The molecule has 1 heterocycles. The number of H-pyrrole nitrogens is 1. The molecule has 1 unspecified atom stereocenters. The molecule has 0 radical (unpaired) electrons. The number of ketones is 1. The number of rotatable bonds is 9. The van der Waals surface area contributed by atoms with Crippen molar-refractivity contribution in [3.63, 3.8) is 0 Å². The minimum absolute atomic E-state index is 0.0462. The van der Waals surface area contributed by atoms with Crippen molar-refractivity contribution in [3.05, 3.63) is 52.3 Å². The van der Waals surface area contributed by atoms with Crippen molar-refractivity contribution < 1.29 is 19.1 Å². The maximum atomic E-state index is 13.0. The van der Waals surface area contributed by atoms with E-state index in [0.29, 0.717) is 35.7 Å². The Kier molecular flexibility index (Phi) is 7.40. The van der Waals surface area contributed by atoms with Crippen molar-refractivity contribution >= 4 is 11.8 Å². The molecule has 0 amide bonds. The number of esters is 1. The van der Waals surface area contributed by atoms with Gasteiger partial charge in [-0.05, 0) is 57.5 Å². The van der Waals surface area contributed by atoms with Gasteiger partial charge in [-0.25, -0.2) is 4.79 Å². The second-order valence-corrected chi connectivity index (χ2v) is 6.78. The Morgan fingerprint density at radius 1 is 1.21 bits per heavy atom. The number of ether oxygens (including phenoxy) is 2. The van der Waals surface area contributed by atoms with Gasteiger partial charge in [-0.3, -0.25) is 9.69 Å².